The summed E-state index contributed by atoms with van der Waals surface area (Å²) >= 11 is 1.47. The Kier molecular flexibility index (Phi) is 2.81. The first-order valence-electron chi connectivity index (χ1n) is 4.36. The summed E-state index contributed by atoms with van der Waals surface area (Å²) in [7, 11) is 0. The molecule has 1 fully saturated rings. The van der Waals surface area contributed by atoms with Crippen LogP contribution in [-0.2, 0) is 4.74 Å². The summed E-state index contributed by atoms with van der Waals surface area (Å²) in [5.74, 6) is -0.152. The van der Waals surface area contributed by atoms with E-state index < -0.39 is 6.10 Å². The zero-order valence-electron chi connectivity index (χ0n) is 7.47. The first kappa shape index (κ1) is 9.64. The summed E-state index contributed by atoms with van der Waals surface area (Å²) in [5.41, 5.74) is 0.633. The van der Waals surface area contributed by atoms with Crippen molar-refractivity contribution < 1.29 is 14.6 Å². The van der Waals surface area contributed by atoms with Gasteiger partial charge in [-0.25, -0.2) is 0 Å². The van der Waals surface area contributed by atoms with Crippen LogP contribution in [-0.4, -0.2) is 36.4 Å². The van der Waals surface area contributed by atoms with E-state index in [0.717, 1.165) is 0 Å². The molecule has 5 heteroatoms. The minimum Gasteiger partial charge on any atom is -0.388 e. The normalized spacial score (nSPS) is 26.4. The third-order valence-corrected chi connectivity index (χ3v) is 2.83. The van der Waals surface area contributed by atoms with Gasteiger partial charge in [0.15, 0.2) is 0 Å². The van der Waals surface area contributed by atoms with Gasteiger partial charge in [0.2, 0.25) is 0 Å². The third-order valence-electron chi connectivity index (χ3n) is 2.15. The van der Waals surface area contributed by atoms with Crippen LogP contribution < -0.4 is 5.32 Å². The molecule has 0 radical (unpaired) electrons. The van der Waals surface area contributed by atoms with Crippen LogP contribution in [0.2, 0.25) is 0 Å². The number of aliphatic hydroxyl groups excluding tert-OH is 1. The van der Waals surface area contributed by atoms with Gasteiger partial charge in [0.05, 0.1) is 25.4 Å². The van der Waals surface area contributed by atoms with Crippen molar-refractivity contribution in [2.45, 2.75) is 12.1 Å². The predicted octanol–water partition coefficient (Wildman–Crippen LogP) is 0.238. The fraction of sp³-hybridized carbons (Fsp3) is 0.444. The van der Waals surface area contributed by atoms with Crippen molar-refractivity contribution in [3.8, 4) is 0 Å². The van der Waals surface area contributed by atoms with Crippen LogP contribution in [0, 0.1) is 0 Å². The Morgan fingerprint density at radius 2 is 2.50 bits per heavy atom. The molecule has 1 aromatic heterocycles. The molecule has 1 amide bonds. The lowest BCUT2D eigenvalue weighted by molar-refractivity contribution is 0.0887. The molecule has 2 N–H and O–H groups in total. The molecular formula is C9H11NO3S. The number of thiophene rings is 1. The highest BCUT2D eigenvalue weighted by Crippen LogP contribution is 2.09. The van der Waals surface area contributed by atoms with E-state index in [9.17, 15) is 9.90 Å². The predicted molar refractivity (Wildman–Crippen MR) is 52.4 cm³/mol. The number of carbonyl (C=O) groups excluding carboxylic acids is 1. The first-order chi connectivity index (χ1) is 6.77. The summed E-state index contributed by atoms with van der Waals surface area (Å²) in [4.78, 5) is 11.5. The highest BCUT2D eigenvalue weighted by Gasteiger charge is 2.27. The second-order valence-electron chi connectivity index (χ2n) is 3.20. The molecule has 0 bridgehead atoms. The van der Waals surface area contributed by atoms with Gasteiger partial charge in [0.25, 0.3) is 5.91 Å². The summed E-state index contributed by atoms with van der Waals surface area (Å²) in [5, 5.41) is 15.7. The Balaban J connectivity index is 1.95. The van der Waals surface area contributed by atoms with Crippen LogP contribution in [0.1, 0.15) is 10.4 Å². The average molecular weight is 213 g/mol. The van der Waals surface area contributed by atoms with Crippen LogP contribution in [0.25, 0.3) is 0 Å². The van der Waals surface area contributed by atoms with Gasteiger partial charge in [0.1, 0.15) is 0 Å². The van der Waals surface area contributed by atoms with Crippen molar-refractivity contribution in [1.29, 1.82) is 0 Å². The third kappa shape index (κ3) is 1.95. The maximum atomic E-state index is 11.5. The van der Waals surface area contributed by atoms with Crippen molar-refractivity contribution in [3.05, 3.63) is 22.4 Å². The van der Waals surface area contributed by atoms with E-state index in [4.69, 9.17) is 4.74 Å². The minimum absolute atomic E-state index is 0.152. The van der Waals surface area contributed by atoms with Crippen LogP contribution in [0.3, 0.4) is 0 Å². The van der Waals surface area contributed by atoms with E-state index in [0.29, 0.717) is 18.8 Å². The Bertz CT molecular complexity index is 312. The molecule has 2 atom stereocenters. The second-order valence-corrected chi connectivity index (χ2v) is 3.98. The van der Waals surface area contributed by atoms with Gasteiger partial charge in [-0.2, -0.15) is 11.3 Å². The van der Waals surface area contributed by atoms with Gasteiger partial charge in [0, 0.05) is 10.9 Å². The number of hydrogen-bond acceptors (Lipinski definition) is 4. The molecular weight excluding hydrogens is 202 g/mol. The summed E-state index contributed by atoms with van der Waals surface area (Å²) in [6.45, 7) is 0.686. The van der Waals surface area contributed by atoms with E-state index >= 15 is 0 Å². The molecule has 2 rings (SSSR count). The lowest BCUT2D eigenvalue weighted by Gasteiger charge is -2.13. The molecule has 1 saturated heterocycles. The largest absolute Gasteiger partial charge is 0.388 e. The zero-order chi connectivity index (χ0) is 9.97. The molecule has 0 spiro atoms. The van der Waals surface area contributed by atoms with Gasteiger partial charge in [-0.15, -0.1) is 0 Å². The molecule has 0 aliphatic carbocycles. The van der Waals surface area contributed by atoms with E-state index in [-0.39, 0.29) is 11.9 Å². The number of hydrogen-bond donors (Lipinski definition) is 2. The number of carbonyl (C=O) groups is 1. The molecule has 14 heavy (non-hydrogen) atoms. The van der Waals surface area contributed by atoms with Crippen molar-refractivity contribution in [2.24, 2.45) is 0 Å². The van der Waals surface area contributed by atoms with E-state index in [2.05, 4.69) is 5.32 Å². The van der Waals surface area contributed by atoms with E-state index in [1.807, 2.05) is 5.38 Å². The number of amides is 1. The fourth-order valence-electron chi connectivity index (χ4n) is 1.33. The molecule has 4 nitrogen and oxygen atoms in total. The van der Waals surface area contributed by atoms with E-state index in [1.54, 1.807) is 11.4 Å². The monoisotopic (exact) mass is 213 g/mol. The summed E-state index contributed by atoms with van der Waals surface area (Å²) in [6, 6.07) is 1.48. The molecule has 0 unspecified atom stereocenters. The van der Waals surface area contributed by atoms with Gasteiger partial charge in [-0.3, -0.25) is 4.79 Å². The van der Waals surface area contributed by atoms with Gasteiger partial charge < -0.3 is 15.2 Å². The zero-order valence-corrected chi connectivity index (χ0v) is 8.29. The molecule has 1 aliphatic heterocycles. The second kappa shape index (κ2) is 4.08. The molecule has 0 saturated carbocycles. The van der Waals surface area contributed by atoms with Gasteiger partial charge in [-0.1, -0.05) is 0 Å². The molecule has 0 aromatic carbocycles. The van der Waals surface area contributed by atoms with Gasteiger partial charge >= 0.3 is 0 Å². The lowest BCUT2D eigenvalue weighted by atomic mass is 10.2. The molecule has 76 valence electrons. The van der Waals surface area contributed by atoms with Crippen molar-refractivity contribution in [3.63, 3.8) is 0 Å². The standard InChI is InChI=1S/C9H11NO3S/c11-8-4-13-3-7(8)10-9(12)6-1-2-14-5-6/h1-2,5,7-8,11H,3-4H2,(H,10,12)/t7-,8-/m1/s1. The number of rotatable bonds is 2. The lowest BCUT2D eigenvalue weighted by Crippen LogP contribution is -2.42. The molecule has 1 aliphatic rings. The highest BCUT2D eigenvalue weighted by atomic mass is 32.1. The quantitative estimate of drug-likeness (QED) is 0.739. The van der Waals surface area contributed by atoms with Crippen LogP contribution in [0.5, 0.6) is 0 Å². The van der Waals surface area contributed by atoms with E-state index in [1.165, 1.54) is 11.3 Å². The van der Waals surface area contributed by atoms with Gasteiger partial charge in [-0.05, 0) is 11.4 Å². The summed E-state index contributed by atoms with van der Waals surface area (Å²) in [6.07, 6.45) is -0.586. The smallest absolute Gasteiger partial charge is 0.252 e. The minimum atomic E-state index is -0.586. The average Bonchev–Trinajstić information content (AvgIpc) is 2.77. The molecule has 1 aromatic rings. The molecule has 2 heterocycles. The van der Waals surface area contributed by atoms with Crippen LogP contribution in [0.4, 0.5) is 0 Å². The maximum Gasteiger partial charge on any atom is 0.252 e. The van der Waals surface area contributed by atoms with Crippen molar-refractivity contribution in [1.82, 2.24) is 5.32 Å². The number of nitrogens with one attached hydrogen (secondary N) is 1. The van der Waals surface area contributed by atoms with Crippen LogP contribution in [0.15, 0.2) is 16.8 Å². The Hall–Kier alpha value is -0.910. The number of ether oxygens (including phenoxy) is 1. The maximum absolute atomic E-state index is 11.5. The Labute approximate surface area is 85.5 Å². The highest BCUT2D eigenvalue weighted by molar-refractivity contribution is 7.08. The van der Waals surface area contributed by atoms with Crippen molar-refractivity contribution >= 4 is 17.2 Å². The SMILES string of the molecule is O=C(N[C@@H]1COC[C@H]1O)c1ccsc1. The Morgan fingerprint density at radius 1 is 1.64 bits per heavy atom. The topological polar surface area (TPSA) is 58.6 Å². The number of aliphatic hydroxyl groups is 1. The fourth-order valence-corrected chi connectivity index (χ4v) is 1.96. The van der Waals surface area contributed by atoms with Crippen LogP contribution >= 0.6 is 11.3 Å². The van der Waals surface area contributed by atoms with Crippen molar-refractivity contribution in [2.75, 3.05) is 13.2 Å². The summed E-state index contributed by atoms with van der Waals surface area (Å²) < 4.78 is 5.03. The Morgan fingerprint density at radius 3 is 3.07 bits per heavy atom. The first-order valence-corrected chi connectivity index (χ1v) is 5.30.